The van der Waals surface area contributed by atoms with E-state index in [1.165, 1.54) is 4.90 Å². The van der Waals surface area contributed by atoms with E-state index in [9.17, 15) is 4.79 Å². The predicted octanol–water partition coefficient (Wildman–Crippen LogP) is 0.336. The van der Waals surface area contributed by atoms with Gasteiger partial charge in [-0.25, -0.2) is 4.98 Å². The van der Waals surface area contributed by atoms with Gasteiger partial charge in [0.1, 0.15) is 5.82 Å². The number of nitrogens with zero attached hydrogens (tertiary/aromatic N) is 3. The van der Waals surface area contributed by atoms with Crippen LogP contribution in [-0.4, -0.2) is 61.7 Å². The van der Waals surface area contributed by atoms with Gasteiger partial charge in [-0.2, -0.15) is 0 Å². The molecule has 1 aromatic rings. The highest BCUT2D eigenvalue weighted by Crippen LogP contribution is 2.17. The van der Waals surface area contributed by atoms with Crippen molar-refractivity contribution in [3.63, 3.8) is 0 Å². The van der Waals surface area contributed by atoms with Crippen LogP contribution in [0, 0.1) is 0 Å². The highest BCUT2D eigenvalue weighted by atomic mass is 16.5. The fraction of sp³-hybridized carbons (Fsp3) is 0.571. The Morgan fingerprint density at radius 1 is 1.55 bits per heavy atom. The zero-order valence-electron chi connectivity index (χ0n) is 12.2. The van der Waals surface area contributed by atoms with Gasteiger partial charge in [0.15, 0.2) is 0 Å². The van der Waals surface area contributed by atoms with Crippen LogP contribution in [0.5, 0.6) is 0 Å². The first-order valence-corrected chi connectivity index (χ1v) is 6.79. The maximum absolute atomic E-state index is 11.8. The lowest BCUT2D eigenvalue weighted by atomic mass is 10.1. The van der Waals surface area contributed by atoms with Crippen LogP contribution in [-0.2, 0) is 4.74 Å². The molecule has 0 aliphatic carbocycles. The molecule has 2 unspecified atom stereocenters. The van der Waals surface area contributed by atoms with Crippen LogP contribution in [0.2, 0.25) is 0 Å². The first-order chi connectivity index (χ1) is 9.49. The van der Waals surface area contributed by atoms with Gasteiger partial charge in [-0.05, 0) is 19.1 Å². The Morgan fingerprint density at radius 3 is 2.85 bits per heavy atom. The van der Waals surface area contributed by atoms with Crippen molar-refractivity contribution in [2.24, 2.45) is 5.73 Å². The van der Waals surface area contributed by atoms with Gasteiger partial charge < -0.3 is 20.3 Å². The summed E-state index contributed by atoms with van der Waals surface area (Å²) >= 11 is 0. The lowest BCUT2D eigenvalue weighted by Gasteiger charge is -2.35. The SMILES string of the molecule is CC(N)C1CN(c2ccc(C(=O)N(C)C)cn2)CCO1. The maximum Gasteiger partial charge on any atom is 0.254 e. The molecule has 110 valence electrons. The smallest absolute Gasteiger partial charge is 0.254 e. The van der Waals surface area contributed by atoms with Crippen molar-refractivity contribution < 1.29 is 9.53 Å². The molecule has 20 heavy (non-hydrogen) atoms. The van der Waals surface area contributed by atoms with Gasteiger partial charge in [-0.15, -0.1) is 0 Å². The largest absolute Gasteiger partial charge is 0.373 e. The molecule has 1 aliphatic heterocycles. The van der Waals surface area contributed by atoms with Crippen LogP contribution >= 0.6 is 0 Å². The summed E-state index contributed by atoms with van der Waals surface area (Å²) in [4.78, 5) is 19.9. The Morgan fingerprint density at radius 2 is 2.30 bits per heavy atom. The zero-order chi connectivity index (χ0) is 14.7. The molecule has 0 radical (unpaired) electrons. The number of anilines is 1. The van der Waals surface area contributed by atoms with Crippen molar-refractivity contribution in [1.82, 2.24) is 9.88 Å². The summed E-state index contributed by atoms with van der Waals surface area (Å²) in [5.41, 5.74) is 6.48. The molecule has 1 amide bonds. The number of ether oxygens (including phenoxy) is 1. The van der Waals surface area contributed by atoms with Crippen molar-refractivity contribution in [2.45, 2.75) is 19.1 Å². The summed E-state index contributed by atoms with van der Waals surface area (Å²) in [5, 5.41) is 0. The third-order valence-electron chi connectivity index (χ3n) is 3.40. The number of nitrogens with two attached hydrogens (primary N) is 1. The molecule has 1 saturated heterocycles. The molecule has 2 rings (SSSR count). The standard InChI is InChI=1S/C14H22N4O2/c1-10(15)12-9-18(6-7-20-12)13-5-4-11(8-16-13)14(19)17(2)3/h4-5,8,10,12H,6-7,9,15H2,1-3H3. The van der Waals surface area contributed by atoms with Gasteiger partial charge in [0.25, 0.3) is 5.91 Å². The lowest BCUT2D eigenvalue weighted by molar-refractivity contribution is 0.0273. The molecular weight excluding hydrogens is 256 g/mol. The van der Waals surface area contributed by atoms with Gasteiger partial charge in [0, 0.05) is 39.4 Å². The molecule has 2 atom stereocenters. The molecule has 0 aromatic carbocycles. The fourth-order valence-corrected chi connectivity index (χ4v) is 2.16. The van der Waals surface area contributed by atoms with E-state index in [1.54, 1.807) is 26.4 Å². The molecule has 6 heteroatoms. The quantitative estimate of drug-likeness (QED) is 0.863. The summed E-state index contributed by atoms with van der Waals surface area (Å²) in [6.07, 6.45) is 1.64. The van der Waals surface area contributed by atoms with Gasteiger partial charge in [0.05, 0.1) is 18.3 Å². The third kappa shape index (κ3) is 3.26. The Labute approximate surface area is 119 Å². The Kier molecular flexibility index (Phi) is 4.57. The Bertz CT molecular complexity index is 459. The second kappa shape index (κ2) is 6.19. The summed E-state index contributed by atoms with van der Waals surface area (Å²) in [5.74, 6) is 0.814. The first-order valence-electron chi connectivity index (χ1n) is 6.79. The molecule has 0 saturated carbocycles. The number of carbonyl (C=O) groups is 1. The summed E-state index contributed by atoms with van der Waals surface area (Å²) in [7, 11) is 3.46. The van der Waals surface area contributed by atoms with Crippen molar-refractivity contribution in [2.75, 3.05) is 38.7 Å². The zero-order valence-corrected chi connectivity index (χ0v) is 12.2. The number of aromatic nitrogens is 1. The Balaban J connectivity index is 2.08. The predicted molar refractivity (Wildman–Crippen MR) is 77.9 cm³/mol. The number of morpholine rings is 1. The molecule has 0 bridgehead atoms. The van der Waals surface area contributed by atoms with Crippen LogP contribution < -0.4 is 10.6 Å². The second-order valence-corrected chi connectivity index (χ2v) is 5.32. The molecule has 2 N–H and O–H groups in total. The maximum atomic E-state index is 11.8. The normalized spacial score (nSPS) is 20.6. The number of hydrogen-bond donors (Lipinski definition) is 1. The monoisotopic (exact) mass is 278 g/mol. The average Bonchev–Trinajstić information content (AvgIpc) is 2.46. The number of carbonyl (C=O) groups excluding carboxylic acids is 1. The van der Waals surface area contributed by atoms with Crippen molar-refractivity contribution in [1.29, 1.82) is 0 Å². The van der Waals surface area contributed by atoms with Gasteiger partial charge in [-0.1, -0.05) is 0 Å². The van der Waals surface area contributed by atoms with Gasteiger partial charge >= 0.3 is 0 Å². The summed E-state index contributed by atoms with van der Waals surface area (Å²) in [6, 6.07) is 3.67. The molecule has 0 spiro atoms. The van der Waals surface area contributed by atoms with E-state index in [-0.39, 0.29) is 18.1 Å². The number of rotatable bonds is 3. The van der Waals surface area contributed by atoms with Gasteiger partial charge in [-0.3, -0.25) is 4.79 Å². The van der Waals surface area contributed by atoms with Crippen LogP contribution in [0.25, 0.3) is 0 Å². The minimum absolute atomic E-state index is 0.00704. The number of pyridine rings is 1. The minimum Gasteiger partial charge on any atom is -0.373 e. The third-order valence-corrected chi connectivity index (χ3v) is 3.40. The molecular formula is C14H22N4O2. The molecule has 1 fully saturated rings. The average molecular weight is 278 g/mol. The minimum atomic E-state index is -0.0421. The van der Waals surface area contributed by atoms with E-state index < -0.39 is 0 Å². The lowest BCUT2D eigenvalue weighted by Crippen LogP contribution is -2.49. The molecule has 2 heterocycles. The summed E-state index contributed by atoms with van der Waals surface area (Å²) < 4.78 is 5.63. The van der Waals surface area contributed by atoms with E-state index in [0.717, 1.165) is 18.9 Å². The van der Waals surface area contributed by atoms with Crippen molar-refractivity contribution >= 4 is 11.7 Å². The number of amides is 1. The topological polar surface area (TPSA) is 71.7 Å². The van der Waals surface area contributed by atoms with Crippen LogP contribution in [0.15, 0.2) is 18.3 Å². The van der Waals surface area contributed by atoms with Crippen molar-refractivity contribution in [3.05, 3.63) is 23.9 Å². The van der Waals surface area contributed by atoms with Crippen molar-refractivity contribution in [3.8, 4) is 0 Å². The van der Waals surface area contributed by atoms with Crippen LogP contribution in [0.3, 0.4) is 0 Å². The first kappa shape index (κ1) is 14.7. The van der Waals surface area contributed by atoms with E-state index in [4.69, 9.17) is 10.5 Å². The van der Waals surface area contributed by atoms with Crippen LogP contribution in [0.4, 0.5) is 5.82 Å². The van der Waals surface area contributed by atoms with Crippen LogP contribution in [0.1, 0.15) is 17.3 Å². The highest BCUT2D eigenvalue weighted by molar-refractivity contribution is 5.93. The highest BCUT2D eigenvalue weighted by Gasteiger charge is 2.24. The van der Waals surface area contributed by atoms with E-state index in [2.05, 4.69) is 9.88 Å². The van der Waals surface area contributed by atoms with E-state index >= 15 is 0 Å². The van der Waals surface area contributed by atoms with Gasteiger partial charge in [0.2, 0.25) is 0 Å². The van der Waals surface area contributed by atoms with E-state index in [0.29, 0.717) is 12.2 Å². The fourth-order valence-electron chi connectivity index (χ4n) is 2.16. The number of hydrogen-bond acceptors (Lipinski definition) is 5. The molecule has 1 aliphatic rings. The molecule has 1 aromatic heterocycles. The Hall–Kier alpha value is -1.66. The second-order valence-electron chi connectivity index (χ2n) is 5.32. The summed E-state index contributed by atoms with van der Waals surface area (Å²) in [6.45, 7) is 4.11. The van der Waals surface area contributed by atoms with E-state index in [1.807, 2.05) is 13.0 Å². The molecule has 6 nitrogen and oxygen atoms in total.